The molecule has 0 amide bonds. The van der Waals surface area contributed by atoms with E-state index in [0.717, 1.165) is 55.9 Å². The highest BCUT2D eigenvalue weighted by Gasteiger charge is 2.18. The molecule has 0 fully saturated rings. The lowest BCUT2D eigenvalue weighted by molar-refractivity contribution is 0.393. The molecule has 2 N–H and O–H groups in total. The zero-order valence-corrected chi connectivity index (χ0v) is 18.6. The van der Waals surface area contributed by atoms with E-state index >= 15 is 0 Å². The number of nitriles is 1. The number of H-pyrrole nitrogens is 1. The quantitative estimate of drug-likeness (QED) is 0.324. The second-order valence-corrected chi connectivity index (χ2v) is 8.06. The Kier molecular flexibility index (Phi) is 6.15. The number of hydrogen-bond donors (Lipinski definition) is 2. The molecule has 0 spiro atoms. The average Bonchev–Trinajstić information content (AvgIpc) is 3.40. The van der Waals surface area contributed by atoms with Crippen LogP contribution in [0, 0.1) is 32.1 Å². The Morgan fingerprint density at radius 1 is 1.09 bits per heavy atom. The Bertz CT molecular complexity index is 1490. The zero-order valence-electron chi connectivity index (χ0n) is 18.6. The van der Waals surface area contributed by atoms with E-state index in [9.17, 15) is 5.26 Å². The maximum absolute atomic E-state index is 9.47. The van der Waals surface area contributed by atoms with Crippen molar-refractivity contribution < 1.29 is 4.52 Å². The third kappa shape index (κ3) is 4.14. The van der Waals surface area contributed by atoms with Crippen LogP contribution >= 0.6 is 0 Å². The van der Waals surface area contributed by atoms with Gasteiger partial charge in [-0.15, -0.1) is 0 Å². The molecule has 7 heteroatoms. The Labute approximate surface area is 198 Å². The molecule has 2 aromatic carbocycles. The summed E-state index contributed by atoms with van der Waals surface area (Å²) in [5, 5.41) is 16.9. The zero-order chi connectivity index (χ0) is 22.9. The number of nitrogens with zero attached hydrogens (tertiary/aromatic N) is 4. The highest BCUT2D eigenvalue weighted by Crippen LogP contribution is 2.37. The second kappa shape index (κ2) is 9.20. The van der Waals surface area contributed by atoms with Gasteiger partial charge < -0.3 is 14.8 Å². The van der Waals surface area contributed by atoms with Crippen LogP contribution in [0.1, 0.15) is 35.6 Å². The molecule has 0 aliphatic rings. The van der Waals surface area contributed by atoms with Crippen LogP contribution in [-0.2, 0) is 6.54 Å². The number of aromatic amines is 1. The van der Waals surface area contributed by atoms with Crippen molar-refractivity contribution in [3.63, 3.8) is 0 Å². The summed E-state index contributed by atoms with van der Waals surface area (Å²) in [6.07, 6.45) is 3.58. The van der Waals surface area contributed by atoms with Gasteiger partial charge in [0.15, 0.2) is 0 Å². The number of hydrogen-bond acceptors (Lipinski definition) is 6. The third-order valence-electron chi connectivity index (χ3n) is 5.75. The molecule has 0 atom stereocenters. The minimum atomic E-state index is 0. The van der Waals surface area contributed by atoms with Crippen LogP contribution in [-0.4, -0.2) is 20.1 Å². The molecule has 0 saturated carbocycles. The summed E-state index contributed by atoms with van der Waals surface area (Å²) in [5.41, 5.74) is 9.15. The maximum atomic E-state index is 9.47. The predicted molar refractivity (Wildman–Crippen MR) is 134 cm³/mol. The topological polar surface area (TPSA) is 103 Å². The number of aryl methyl sites for hydroxylation is 3. The standard InChI is InChI=1S/C26H22N6O.CH4/c1-15-6-7-18(12-27)9-21(15)22-10-20(24-16(2)32-33-17(24)3)11-23-25(22)31-26(30-23)29-14-19-5-4-8-28-13-19;/h4-11,13H,14H2,1-3H3,(H2,29,30,31);1H4. The van der Waals surface area contributed by atoms with Gasteiger partial charge in [0.1, 0.15) is 5.76 Å². The van der Waals surface area contributed by atoms with Crippen LogP contribution < -0.4 is 5.32 Å². The van der Waals surface area contributed by atoms with Gasteiger partial charge in [-0.25, -0.2) is 4.98 Å². The lowest BCUT2D eigenvalue weighted by atomic mass is 9.93. The number of imidazole rings is 1. The van der Waals surface area contributed by atoms with E-state index in [0.29, 0.717) is 18.1 Å². The summed E-state index contributed by atoms with van der Waals surface area (Å²) < 4.78 is 5.42. The van der Waals surface area contributed by atoms with Crippen LogP contribution in [0.2, 0.25) is 0 Å². The van der Waals surface area contributed by atoms with Gasteiger partial charge in [-0.1, -0.05) is 24.7 Å². The van der Waals surface area contributed by atoms with E-state index in [1.165, 1.54) is 0 Å². The van der Waals surface area contributed by atoms with Crippen LogP contribution in [0.25, 0.3) is 33.3 Å². The van der Waals surface area contributed by atoms with E-state index in [4.69, 9.17) is 9.51 Å². The SMILES string of the molecule is C.Cc1ccc(C#N)cc1-c1cc(-c2c(C)noc2C)cc2[nH]c(NCc3cccnc3)nc12. The van der Waals surface area contributed by atoms with Gasteiger partial charge in [-0.2, -0.15) is 5.26 Å². The second-order valence-electron chi connectivity index (χ2n) is 8.06. The van der Waals surface area contributed by atoms with E-state index in [2.05, 4.69) is 38.6 Å². The van der Waals surface area contributed by atoms with Gasteiger partial charge in [-0.05, 0) is 73.4 Å². The van der Waals surface area contributed by atoms with Crippen molar-refractivity contribution in [2.24, 2.45) is 0 Å². The summed E-state index contributed by atoms with van der Waals surface area (Å²) in [6, 6.07) is 16.1. The smallest absolute Gasteiger partial charge is 0.201 e. The number of pyridine rings is 1. The van der Waals surface area contributed by atoms with E-state index < -0.39 is 0 Å². The fraction of sp³-hybridized carbons (Fsp3) is 0.185. The van der Waals surface area contributed by atoms with Crippen molar-refractivity contribution in [1.29, 1.82) is 5.26 Å². The predicted octanol–water partition coefficient (Wildman–Crippen LogP) is 6.33. The molecule has 0 bridgehead atoms. The van der Waals surface area contributed by atoms with Crippen LogP contribution in [0.4, 0.5) is 5.95 Å². The minimum Gasteiger partial charge on any atom is -0.361 e. The summed E-state index contributed by atoms with van der Waals surface area (Å²) in [4.78, 5) is 12.4. The van der Waals surface area contributed by atoms with E-state index in [1.54, 1.807) is 6.20 Å². The fourth-order valence-corrected chi connectivity index (χ4v) is 4.12. The number of nitrogens with one attached hydrogen (secondary N) is 2. The first kappa shape index (κ1) is 22.7. The van der Waals surface area contributed by atoms with E-state index in [1.807, 2.05) is 57.3 Å². The van der Waals surface area contributed by atoms with Gasteiger partial charge in [-0.3, -0.25) is 4.98 Å². The molecule has 5 aromatic rings. The molecule has 170 valence electrons. The Hall–Kier alpha value is -4.44. The molecule has 0 radical (unpaired) electrons. The molecule has 0 aliphatic heterocycles. The van der Waals surface area contributed by atoms with Gasteiger partial charge in [0.25, 0.3) is 0 Å². The Morgan fingerprint density at radius 3 is 2.65 bits per heavy atom. The molecule has 7 nitrogen and oxygen atoms in total. The lowest BCUT2D eigenvalue weighted by Gasteiger charge is -2.10. The van der Waals surface area contributed by atoms with Crippen molar-refractivity contribution in [2.45, 2.75) is 34.7 Å². The van der Waals surface area contributed by atoms with Crippen molar-refractivity contribution in [3.05, 3.63) is 83.0 Å². The average molecular weight is 451 g/mol. The summed E-state index contributed by atoms with van der Waals surface area (Å²) in [7, 11) is 0. The molecular weight excluding hydrogens is 424 g/mol. The first-order chi connectivity index (χ1) is 16.0. The van der Waals surface area contributed by atoms with Gasteiger partial charge in [0.2, 0.25) is 5.95 Å². The normalized spacial score (nSPS) is 10.6. The number of rotatable bonds is 5. The van der Waals surface area contributed by atoms with Gasteiger partial charge >= 0.3 is 0 Å². The third-order valence-corrected chi connectivity index (χ3v) is 5.75. The summed E-state index contributed by atoms with van der Waals surface area (Å²) in [5.74, 6) is 1.43. The number of anilines is 1. The highest BCUT2D eigenvalue weighted by molar-refractivity contribution is 5.98. The van der Waals surface area contributed by atoms with Gasteiger partial charge in [0.05, 0.1) is 28.4 Å². The Balaban J connectivity index is 0.00000274. The molecule has 5 rings (SSSR count). The van der Waals surface area contributed by atoms with Crippen molar-refractivity contribution in [1.82, 2.24) is 20.1 Å². The minimum absolute atomic E-state index is 0. The molecule has 3 heterocycles. The van der Waals surface area contributed by atoms with Crippen LogP contribution in [0.5, 0.6) is 0 Å². The number of fused-ring (bicyclic) bond motifs is 1. The monoisotopic (exact) mass is 450 g/mol. The largest absolute Gasteiger partial charge is 0.361 e. The molecule has 3 aromatic heterocycles. The maximum Gasteiger partial charge on any atom is 0.201 e. The molecule has 0 saturated heterocycles. The highest BCUT2D eigenvalue weighted by atomic mass is 16.5. The van der Waals surface area contributed by atoms with Crippen molar-refractivity contribution in [3.8, 4) is 28.3 Å². The lowest BCUT2D eigenvalue weighted by Crippen LogP contribution is -2.00. The van der Waals surface area contributed by atoms with Gasteiger partial charge in [0, 0.05) is 30.1 Å². The molecule has 34 heavy (non-hydrogen) atoms. The van der Waals surface area contributed by atoms with Crippen LogP contribution in [0.3, 0.4) is 0 Å². The molecular formula is C27H26N6O. The summed E-state index contributed by atoms with van der Waals surface area (Å²) in [6.45, 7) is 6.49. The van der Waals surface area contributed by atoms with Crippen molar-refractivity contribution >= 4 is 17.0 Å². The number of aromatic nitrogens is 4. The number of benzene rings is 2. The first-order valence-electron chi connectivity index (χ1n) is 10.6. The Morgan fingerprint density at radius 2 is 1.94 bits per heavy atom. The van der Waals surface area contributed by atoms with Crippen molar-refractivity contribution in [2.75, 3.05) is 5.32 Å². The molecule has 0 aliphatic carbocycles. The fourth-order valence-electron chi connectivity index (χ4n) is 4.12. The van der Waals surface area contributed by atoms with E-state index in [-0.39, 0.29) is 7.43 Å². The van der Waals surface area contributed by atoms with Crippen LogP contribution in [0.15, 0.2) is 59.4 Å². The molecule has 0 unspecified atom stereocenters. The first-order valence-corrected chi connectivity index (χ1v) is 10.6. The summed E-state index contributed by atoms with van der Waals surface area (Å²) >= 11 is 0.